The van der Waals surface area contributed by atoms with Crippen molar-refractivity contribution in [2.24, 2.45) is 5.92 Å². The van der Waals surface area contributed by atoms with Gasteiger partial charge in [0, 0.05) is 13.1 Å². The molecule has 1 fully saturated rings. The average molecular weight is 209 g/mol. The van der Waals surface area contributed by atoms with Gasteiger partial charge < -0.3 is 9.52 Å². The lowest BCUT2D eigenvalue weighted by Crippen LogP contribution is -2.51. The molecule has 1 aliphatic heterocycles. The topological polar surface area (TPSA) is 53.7 Å². The zero-order chi connectivity index (χ0) is 10.8. The summed E-state index contributed by atoms with van der Waals surface area (Å²) in [6.45, 7) is 3.35. The van der Waals surface area contributed by atoms with Crippen molar-refractivity contribution in [1.29, 1.82) is 0 Å². The average Bonchev–Trinajstić information content (AvgIpc) is 2.61. The molecule has 0 aliphatic carbocycles. The van der Waals surface area contributed by atoms with Crippen molar-refractivity contribution in [2.45, 2.75) is 19.4 Å². The fourth-order valence-corrected chi connectivity index (χ4v) is 2.04. The first-order valence-corrected chi connectivity index (χ1v) is 5.22. The molecule has 1 unspecified atom stereocenters. The molecule has 82 valence electrons. The molecule has 0 aromatic carbocycles. The molecule has 0 spiro atoms. The van der Waals surface area contributed by atoms with Crippen LogP contribution in [0.5, 0.6) is 0 Å². The highest BCUT2D eigenvalue weighted by Crippen LogP contribution is 2.31. The van der Waals surface area contributed by atoms with Crippen LogP contribution in [0.3, 0.4) is 0 Å². The highest BCUT2D eigenvalue weighted by atomic mass is 16.4. The van der Waals surface area contributed by atoms with E-state index in [4.69, 9.17) is 9.52 Å². The lowest BCUT2D eigenvalue weighted by molar-refractivity contribution is -0.149. The maximum atomic E-state index is 10.7. The van der Waals surface area contributed by atoms with E-state index < -0.39 is 5.97 Å². The normalized spacial score (nSPS) is 19.8. The molecule has 0 bridgehead atoms. The Morgan fingerprint density at radius 2 is 2.47 bits per heavy atom. The first kappa shape index (κ1) is 10.2. The number of hydrogen-bond acceptors (Lipinski definition) is 3. The van der Waals surface area contributed by atoms with Gasteiger partial charge in [-0.3, -0.25) is 9.69 Å². The van der Waals surface area contributed by atoms with E-state index in [0.717, 1.165) is 12.2 Å². The van der Waals surface area contributed by atoms with E-state index in [0.29, 0.717) is 13.1 Å². The van der Waals surface area contributed by atoms with Crippen LogP contribution in [0.4, 0.5) is 0 Å². The molecular formula is C11H15NO3. The Kier molecular flexibility index (Phi) is 2.77. The zero-order valence-corrected chi connectivity index (χ0v) is 8.72. The largest absolute Gasteiger partial charge is 0.481 e. The standard InChI is InChI=1S/C11H15NO3/c1-2-9(10-4-3-5-15-10)12-6-8(7-12)11(13)14/h3-5,8-9H,2,6-7H2,1H3,(H,13,14). The number of rotatable bonds is 4. The van der Waals surface area contributed by atoms with Crippen LogP contribution in [0.2, 0.25) is 0 Å². The van der Waals surface area contributed by atoms with Gasteiger partial charge in [0.15, 0.2) is 0 Å². The van der Waals surface area contributed by atoms with Crippen LogP contribution in [-0.2, 0) is 4.79 Å². The summed E-state index contributed by atoms with van der Waals surface area (Å²) < 4.78 is 5.35. The van der Waals surface area contributed by atoms with Crippen LogP contribution in [-0.4, -0.2) is 29.1 Å². The van der Waals surface area contributed by atoms with E-state index in [9.17, 15) is 4.79 Å². The van der Waals surface area contributed by atoms with Gasteiger partial charge in [0.2, 0.25) is 0 Å². The molecular weight excluding hydrogens is 194 g/mol. The number of carbonyl (C=O) groups is 1. The van der Waals surface area contributed by atoms with Gasteiger partial charge in [-0.25, -0.2) is 0 Å². The fourth-order valence-electron chi connectivity index (χ4n) is 2.04. The minimum atomic E-state index is -0.694. The highest BCUT2D eigenvalue weighted by molar-refractivity contribution is 5.71. The Bertz CT molecular complexity index is 328. The van der Waals surface area contributed by atoms with E-state index >= 15 is 0 Å². The van der Waals surface area contributed by atoms with E-state index in [-0.39, 0.29) is 12.0 Å². The van der Waals surface area contributed by atoms with Crippen molar-refractivity contribution in [2.75, 3.05) is 13.1 Å². The molecule has 0 radical (unpaired) electrons. The van der Waals surface area contributed by atoms with Crippen molar-refractivity contribution < 1.29 is 14.3 Å². The third-order valence-electron chi connectivity index (χ3n) is 2.96. The first-order chi connectivity index (χ1) is 7.22. The molecule has 1 saturated heterocycles. The summed E-state index contributed by atoms with van der Waals surface area (Å²) in [7, 11) is 0. The molecule has 2 rings (SSSR count). The summed E-state index contributed by atoms with van der Waals surface area (Å²) in [5.74, 6) is 0.0379. The van der Waals surface area contributed by atoms with Gasteiger partial charge in [-0.1, -0.05) is 6.92 Å². The zero-order valence-electron chi connectivity index (χ0n) is 8.72. The molecule has 4 nitrogen and oxygen atoms in total. The number of aliphatic carboxylic acids is 1. The van der Waals surface area contributed by atoms with Gasteiger partial charge in [-0.15, -0.1) is 0 Å². The number of nitrogens with zero attached hydrogens (tertiary/aromatic N) is 1. The minimum Gasteiger partial charge on any atom is -0.481 e. The van der Waals surface area contributed by atoms with Gasteiger partial charge in [0.25, 0.3) is 0 Å². The molecule has 1 atom stereocenters. The van der Waals surface area contributed by atoms with E-state index in [2.05, 4.69) is 11.8 Å². The molecule has 0 amide bonds. The molecule has 0 saturated carbocycles. The maximum absolute atomic E-state index is 10.7. The predicted molar refractivity (Wildman–Crippen MR) is 54.4 cm³/mol. The molecule has 15 heavy (non-hydrogen) atoms. The predicted octanol–water partition coefficient (Wildman–Crippen LogP) is 1.75. The van der Waals surface area contributed by atoms with Gasteiger partial charge in [0.1, 0.15) is 5.76 Å². The Balaban J connectivity index is 1.96. The summed E-state index contributed by atoms with van der Waals surface area (Å²) in [6.07, 6.45) is 2.60. The fraction of sp³-hybridized carbons (Fsp3) is 0.545. The van der Waals surface area contributed by atoms with Crippen LogP contribution in [0.25, 0.3) is 0 Å². The number of furan rings is 1. The van der Waals surface area contributed by atoms with Gasteiger partial charge >= 0.3 is 5.97 Å². The molecule has 1 aromatic rings. The Morgan fingerprint density at radius 1 is 1.73 bits per heavy atom. The number of likely N-dealkylation sites (tertiary alicyclic amines) is 1. The molecule has 1 aliphatic rings. The SMILES string of the molecule is CCC(c1ccco1)N1CC(C(=O)O)C1. The maximum Gasteiger partial charge on any atom is 0.309 e. The number of carboxylic acids is 1. The van der Waals surface area contributed by atoms with Gasteiger partial charge in [-0.2, -0.15) is 0 Å². The minimum absolute atomic E-state index is 0.200. The van der Waals surface area contributed by atoms with Crippen molar-refractivity contribution in [3.63, 3.8) is 0 Å². The number of hydrogen-bond donors (Lipinski definition) is 1. The molecule has 1 N–H and O–H groups in total. The molecule has 4 heteroatoms. The smallest absolute Gasteiger partial charge is 0.309 e. The summed E-state index contributed by atoms with van der Waals surface area (Å²) in [5.41, 5.74) is 0. The Morgan fingerprint density at radius 3 is 2.93 bits per heavy atom. The van der Waals surface area contributed by atoms with Crippen molar-refractivity contribution in [3.05, 3.63) is 24.2 Å². The van der Waals surface area contributed by atoms with Gasteiger partial charge in [-0.05, 0) is 18.6 Å². The van der Waals surface area contributed by atoms with Crippen molar-refractivity contribution in [3.8, 4) is 0 Å². The number of carboxylic acid groups (broad SMARTS) is 1. The van der Waals surface area contributed by atoms with Crippen LogP contribution < -0.4 is 0 Å². The lowest BCUT2D eigenvalue weighted by Gasteiger charge is -2.41. The summed E-state index contributed by atoms with van der Waals surface area (Å²) in [5, 5.41) is 8.79. The molecule has 1 aromatic heterocycles. The van der Waals surface area contributed by atoms with E-state index in [1.54, 1.807) is 6.26 Å². The van der Waals surface area contributed by atoms with Crippen LogP contribution in [0, 0.1) is 5.92 Å². The highest BCUT2D eigenvalue weighted by Gasteiger charge is 2.37. The second-order valence-corrected chi connectivity index (χ2v) is 3.93. The van der Waals surface area contributed by atoms with Crippen LogP contribution in [0.1, 0.15) is 25.1 Å². The van der Waals surface area contributed by atoms with Crippen LogP contribution >= 0.6 is 0 Å². The van der Waals surface area contributed by atoms with E-state index in [1.807, 2.05) is 12.1 Å². The molecule has 2 heterocycles. The third kappa shape index (κ3) is 1.90. The Labute approximate surface area is 88.5 Å². The van der Waals surface area contributed by atoms with Gasteiger partial charge in [0.05, 0.1) is 18.2 Å². The third-order valence-corrected chi connectivity index (χ3v) is 2.96. The monoisotopic (exact) mass is 209 g/mol. The van der Waals surface area contributed by atoms with Crippen LogP contribution in [0.15, 0.2) is 22.8 Å². The lowest BCUT2D eigenvalue weighted by atomic mass is 9.96. The second-order valence-electron chi connectivity index (χ2n) is 3.93. The summed E-state index contributed by atoms with van der Waals surface area (Å²) >= 11 is 0. The first-order valence-electron chi connectivity index (χ1n) is 5.22. The van der Waals surface area contributed by atoms with E-state index in [1.165, 1.54) is 0 Å². The second kappa shape index (κ2) is 4.06. The van der Waals surface area contributed by atoms with Crippen molar-refractivity contribution in [1.82, 2.24) is 4.90 Å². The Hall–Kier alpha value is -1.29. The summed E-state index contributed by atoms with van der Waals surface area (Å²) in [4.78, 5) is 12.8. The quantitative estimate of drug-likeness (QED) is 0.820. The summed E-state index contributed by atoms with van der Waals surface area (Å²) in [6, 6.07) is 4.05. The van der Waals surface area contributed by atoms with Crippen molar-refractivity contribution >= 4 is 5.97 Å².